The van der Waals surface area contributed by atoms with Crippen molar-refractivity contribution in [2.24, 2.45) is 0 Å². The molecule has 0 aliphatic rings. The van der Waals surface area contributed by atoms with Crippen LogP contribution >= 0.6 is 0 Å². The summed E-state index contributed by atoms with van der Waals surface area (Å²) in [6.45, 7) is 1.46. The van der Waals surface area contributed by atoms with Gasteiger partial charge in [0.05, 0.1) is 0 Å². The highest BCUT2D eigenvalue weighted by atomic mass is 16.5. The second kappa shape index (κ2) is 4.87. The lowest BCUT2D eigenvalue weighted by Gasteiger charge is -1.98. The fourth-order valence-electron chi connectivity index (χ4n) is 0.536. The monoisotopic (exact) mass is 160 g/mol. The summed E-state index contributed by atoms with van der Waals surface area (Å²) < 4.78 is 0. The van der Waals surface area contributed by atoms with E-state index in [0.717, 1.165) is 0 Å². The Kier molecular flexibility index (Phi) is 4.49. The number of hydrogen-bond donors (Lipinski definition) is 3. The molecule has 3 N–H and O–H groups in total. The van der Waals surface area contributed by atoms with Gasteiger partial charge in [-0.25, -0.2) is 4.79 Å². The van der Waals surface area contributed by atoms with Crippen molar-refractivity contribution in [2.75, 3.05) is 0 Å². The molecular weight excluding hydrogens is 148 g/mol. The SMILES string of the molecule is CC(=CCCC(O)O)C(=O)O. The topological polar surface area (TPSA) is 77.8 Å². The van der Waals surface area contributed by atoms with Gasteiger partial charge in [-0.3, -0.25) is 0 Å². The Hall–Kier alpha value is -0.870. The summed E-state index contributed by atoms with van der Waals surface area (Å²) >= 11 is 0. The molecule has 0 unspecified atom stereocenters. The third kappa shape index (κ3) is 5.57. The second-order valence-corrected chi connectivity index (χ2v) is 2.25. The summed E-state index contributed by atoms with van der Waals surface area (Å²) in [6.07, 6.45) is 0.648. The second-order valence-electron chi connectivity index (χ2n) is 2.25. The molecule has 0 heterocycles. The summed E-state index contributed by atoms with van der Waals surface area (Å²) in [5, 5.41) is 25.1. The van der Waals surface area contributed by atoms with E-state index in [1.54, 1.807) is 0 Å². The quantitative estimate of drug-likeness (QED) is 0.403. The van der Waals surface area contributed by atoms with Crippen LogP contribution < -0.4 is 0 Å². The van der Waals surface area contributed by atoms with Crippen molar-refractivity contribution in [2.45, 2.75) is 26.1 Å². The molecule has 0 aliphatic heterocycles. The number of hydrogen-bond acceptors (Lipinski definition) is 3. The minimum atomic E-state index is -1.35. The molecule has 64 valence electrons. The van der Waals surface area contributed by atoms with E-state index in [1.807, 2.05) is 0 Å². The van der Waals surface area contributed by atoms with Crippen molar-refractivity contribution in [3.05, 3.63) is 11.6 Å². The van der Waals surface area contributed by atoms with Crippen LogP contribution in [0.1, 0.15) is 19.8 Å². The molecule has 0 spiro atoms. The van der Waals surface area contributed by atoms with Crippen molar-refractivity contribution < 1.29 is 20.1 Å². The normalized spacial score (nSPS) is 12.2. The number of carboxylic acid groups (broad SMARTS) is 1. The van der Waals surface area contributed by atoms with E-state index in [9.17, 15) is 4.79 Å². The van der Waals surface area contributed by atoms with Gasteiger partial charge in [-0.15, -0.1) is 0 Å². The molecule has 0 saturated carbocycles. The van der Waals surface area contributed by atoms with E-state index >= 15 is 0 Å². The maximum atomic E-state index is 10.2. The maximum Gasteiger partial charge on any atom is 0.330 e. The fraction of sp³-hybridized carbons (Fsp3) is 0.571. The van der Waals surface area contributed by atoms with Gasteiger partial charge >= 0.3 is 5.97 Å². The van der Waals surface area contributed by atoms with Crippen LogP contribution in [0.3, 0.4) is 0 Å². The van der Waals surface area contributed by atoms with Gasteiger partial charge in [0.1, 0.15) is 0 Å². The van der Waals surface area contributed by atoms with Crippen LogP contribution in [-0.2, 0) is 4.79 Å². The van der Waals surface area contributed by atoms with Crippen molar-refractivity contribution in [1.29, 1.82) is 0 Å². The van der Waals surface area contributed by atoms with E-state index in [1.165, 1.54) is 13.0 Å². The van der Waals surface area contributed by atoms with Gasteiger partial charge in [0.25, 0.3) is 0 Å². The van der Waals surface area contributed by atoms with E-state index in [4.69, 9.17) is 15.3 Å². The number of aliphatic carboxylic acids is 1. The molecule has 0 bridgehead atoms. The van der Waals surface area contributed by atoms with Crippen LogP contribution in [0.2, 0.25) is 0 Å². The van der Waals surface area contributed by atoms with Gasteiger partial charge in [0.15, 0.2) is 6.29 Å². The van der Waals surface area contributed by atoms with Crippen molar-refractivity contribution in [3.8, 4) is 0 Å². The molecule has 0 radical (unpaired) electrons. The van der Waals surface area contributed by atoms with Crippen molar-refractivity contribution >= 4 is 5.97 Å². The molecule has 0 aromatic rings. The lowest BCUT2D eigenvalue weighted by Crippen LogP contribution is -2.03. The van der Waals surface area contributed by atoms with Crippen LogP contribution in [0, 0.1) is 0 Å². The Morgan fingerprint density at radius 1 is 1.55 bits per heavy atom. The third-order valence-electron chi connectivity index (χ3n) is 1.21. The highest BCUT2D eigenvalue weighted by Gasteiger charge is 1.99. The van der Waals surface area contributed by atoms with Crippen LogP contribution in [0.5, 0.6) is 0 Å². The lowest BCUT2D eigenvalue weighted by atomic mass is 10.2. The van der Waals surface area contributed by atoms with Gasteiger partial charge < -0.3 is 15.3 Å². The molecule has 0 aromatic carbocycles. The standard InChI is InChI=1S/C7H12O4/c1-5(7(10)11)3-2-4-6(8)9/h3,6,8-9H,2,4H2,1H3,(H,10,11). The molecule has 0 saturated heterocycles. The van der Waals surface area contributed by atoms with Crippen LogP contribution in [0.25, 0.3) is 0 Å². The molecule has 0 atom stereocenters. The first-order valence-electron chi connectivity index (χ1n) is 3.30. The fourth-order valence-corrected chi connectivity index (χ4v) is 0.536. The maximum absolute atomic E-state index is 10.2. The highest BCUT2D eigenvalue weighted by molar-refractivity contribution is 5.85. The minimum absolute atomic E-state index is 0.171. The molecule has 11 heavy (non-hydrogen) atoms. The van der Waals surface area contributed by atoms with Gasteiger partial charge in [0.2, 0.25) is 0 Å². The zero-order valence-corrected chi connectivity index (χ0v) is 6.32. The molecule has 0 aliphatic carbocycles. The minimum Gasteiger partial charge on any atom is -0.478 e. The number of carboxylic acids is 1. The van der Waals surface area contributed by atoms with E-state index in [0.29, 0.717) is 6.42 Å². The van der Waals surface area contributed by atoms with Crippen LogP contribution in [0.4, 0.5) is 0 Å². The molecule has 0 aromatic heterocycles. The van der Waals surface area contributed by atoms with E-state index in [-0.39, 0.29) is 12.0 Å². The van der Waals surface area contributed by atoms with Crippen molar-refractivity contribution in [1.82, 2.24) is 0 Å². The molecule has 4 heteroatoms. The average molecular weight is 160 g/mol. The van der Waals surface area contributed by atoms with Gasteiger partial charge in [-0.1, -0.05) is 6.08 Å². The first-order chi connectivity index (χ1) is 5.04. The number of carbonyl (C=O) groups is 1. The Balaban J connectivity index is 3.65. The Morgan fingerprint density at radius 2 is 2.09 bits per heavy atom. The summed E-state index contributed by atoms with van der Waals surface area (Å²) in [4.78, 5) is 10.2. The lowest BCUT2D eigenvalue weighted by molar-refractivity contribution is -0.132. The third-order valence-corrected chi connectivity index (χ3v) is 1.21. The summed E-state index contributed by atoms with van der Waals surface area (Å²) in [6, 6.07) is 0. The first kappa shape index (κ1) is 10.1. The number of allylic oxidation sites excluding steroid dienone is 1. The Morgan fingerprint density at radius 3 is 2.45 bits per heavy atom. The summed E-state index contributed by atoms with van der Waals surface area (Å²) in [5.41, 5.74) is 0.227. The largest absolute Gasteiger partial charge is 0.478 e. The number of rotatable bonds is 4. The van der Waals surface area contributed by atoms with E-state index < -0.39 is 12.3 Å². The molecule has 4 nitrogen and oxygen atoms in total. The molecule has 0 amide bonds. The zero-order chi connectivity index (χ0) is 8.85. The van der Waals surface area contributed by atoms with Crippen molar-refractivity contribution in [3.63, 3.8) is 0 Å². The number of aliphatic hydroxyl groups is 2. The van der Waals surface area contributed by atoms with Crippen LogP contribution in [-0.4, -0.2) is 27.6 Å². The summed E-state index contributed by atoms with van der Waals surface area (Å²) in [5.74, 6) is -0.975. The zero-order valence-electron chi connectivity index (χ0n) is 6.32. The van der Waals surface area contributed by atoms with Gasteiger partial charge in [0, 0.05) is 12.0 Å². The predicted molar refractivity (Wildman–Crippen MR) is 38.9 cm³/mol. The van der Waals surface area contributed by atoms with Crippen LogP contribution in [0.15, 0.2) is 11.6 Å². The van der Waals surface area contributed by atoms with E-state index in [2.05, 4.69) is 0 Å². The molecular formula is C7H12O4. The Bertz CT molecular complexity index is 160. The molecule has 0 rings (SSSR count). The summed E-state index contributed by atoms with van der Waals surface area (Å²) in [7, 11) is 0. The number of aliphatic hydroxyl groups excluding tert-OH is 1. The van der Waals surface area contributed by atoms with Gasteiger partial charge in [-0.05, 0) is 13.3 Å². The highest BCUT2D eigenvalue weighted by Crippen LogP contribution is 2.00. The molecule has 0 fully saturated rings. The first-order valence-corrected chi connectivity index (χ1v) is 3.30. The van der Waals surface area contributed by atoms with Gasteiger partial charge in [-0.2, -0.15) is 0 Å². The smallest absolute Gasteiger partial charge is 0.330 e. The average Bonchev–Trinajstić information content (AvgIpc) is 1.86. The predicted octanol–water partition coefficient (Wildman–Crippen LogP) is 0.108. The Labute approximate surface area is 64.8 Å².